The highest BCUT2D eigenvalue weighted by Gasteiger charge is 2.34. The zero-order valence-electron chi connectivity index (χ0n) is 19.0. The van der Waals surface area contributed by atoms with Crippen LogP contribution in [0.5, 0.6) is 5.75 Å². The normalized spacial score (nSPS) is 21.6. The van der Waals surface area contributed by atoms with E-state index in [1.54, 1.807) is 23.1 Å². The van der Waals surface area contributed by atoms with Gasteiger partial charge >= 0.3 is 0 Å². The Labute approximate surface area is 199 Å². The van der Waals surface area contributed by atoms with Crippen molar-refractivity contribution in [3.8, 4) is 5.75 Å². The van der Waals surface area contributed by atoms with Gasteiger partial charge in [-0.2, -0.15) is 4.31 Å². The van der Waals surface area contributed by atoms with Crippen LogP contribution in [0.1, 0.15) is 5.56 Å². The van der Waals surface area contributed by atoms with Gasteiger partial charge in [-0.3, -0.25) is 4.79 Å². The third kappa shape index (κ3) is 4.76. The van der Waals surface area contributed by atoms with Crippen molar-refractivity contribution in [3.05, 3.63) is 54.1 Å². The van der Waals surface area contributed by atoms with Gasteiger partial charge in [0.25, 0.3) is 5.91 Å². The largest absolute Gasteiger partial charge is 0.477 e. The zero-order chi connectivity index (χ0) is 23.5. The molecule has 0 aromatic heterocycles. The van der Waals surface area contributed by atoms with E-state index in [0.717, 1.165) is 11.3 Å². The van der Waals surface area contributed by atoms with Gasteiger partial charge in [0.15, 0.2) is 6.10 Å². The Morgan fingerprint density at radius 1 is 0.912 bits per heavy atom. The fourth-order valence-corrected chi connectivity index (χ4v) is 6.01. The number of amides is 1. The summed E-state index contributed by atoms with van der Waals surface area (Å²) in [6, 6.07) is 14.7. The number of hydrogen-bond acceptors (Lipinski definition) is 7. The number of fused-ring (bicyclic) bond motifs is 1. The molecular weight excluding hydrogens is 458 g/mol. The van der Waals surface area contributed by atoms with E-state index in [0.29, 0.717) is 71.4 Å². The summed E-state index contributed by atoms with van der Waals surface area (Å²) in [5, 5.41) is 0. The molecule has 1 atom stereocenters. The van der Waals surface area contributed by atoms with Gasteiger partial charge in [0.2, 0.25) is 10.0 Å². The smallest absolute Gasteiger partial charge is 0.265 e. The lowest BCUT2D eigenvalue weighted by Crippen LogP contribution is -2.52. The van der Waals surface area contributed by atoms with Gasteiger partial charge in [0.1, 0.15) is 5.75 Å². The molecule has 2 aromatic rings. The molecule has 9 nitrogen and oxygen atoms in total. The molecule has 0 spiro atoms. The van der Waals surface area contributed by atoms with Crippen LogP contribution in [0.4, 0.5) is 5.69 Å². The second kappa shape index (κ2) is 9.91. The summed E-state index contributed by atoms with van der Waals surface area (Å²) in [5.74, 6) is 0.601. The maximum absolute atomic E-state index is 13.1. The zero-order valence-corrected chi connectivity index (χ0v) is 19.8. The number of benzene rings is 2. The molecular formula is C24H29N3O6S. The fourth-order valence-electron chi connectivity index (χ4n) is 4.53. The first-order chi connectivity index (χ1) is 16.5. The lowest BCUT2D eigenvalue weighted by molar-refractivity contribution is -0.142. The summed E-state index contributed by atoms with van der Waals surface area (Å²) in [5.41, 5.74) is 1.73. The quantitative estimate of drug-likeness (QED) is 0.629. The molecule has 3 aliphatic heterocycles. The van der Waals surface area contributed by atoms with Crippen molar-refractivity contribution in [2.45, 2.75) is 17.5 Å². The van der Waals surface area contributed by atoms with E-state index in [9.17, 15) is 13.2 Å². The summed E-state index contributed by atoms with van der Waals surface area (Å²) < 4.78 is 44.5. The van der Waals surface area contributed by atoms with E-state index in [1.807, 2.05) is 30.3 Å². The molecule has 3 aliphatic rings. The number of hydrogen-bond donors (Lipinski definition) is 0. The molecule has 2 saturated heterocycles. The van der Waals surface area contributed by atoms with Gasteiger partial charge in [0, 0.05) is 32.7 Å². The predicted molar refractivity (Wildman–Crippen MR) is 125 cm³/mol. The van der Waals surface area contributed by atoms with E-state index in [-0.39, 0.29) is 10.8 Å². The Hall–Kier alpha value is -2.66. The third-order valence-corrected chi connectivity index (χ3v) is 8.23. The van der Waals surface area contributed by atoms with Crippen molar-refractivity contribution in [2.24, 2.45) is 0 Å². The van der Waals surface area contributed by atoms with Gasteiger partial charge in [-0.25, -0.2) is 8.42 Å². The Balaban J connectivity index is 1.37. The number of ether oxygens (including phenoxy) is 3. The van der Waals surface area contributed by atoms with E-state index in [1.165, 1.54) is 4.31 Å². The molecule has 34 heavy (non-hydrogen) atoms. The van der Waals surface area contributed by atoms with Gasteiger partial charge < -0.3 is 24.0 Å². The minimum atomic E-state index is -3.59. The standard InChI is InChI=1S/C24H29N3O6S/c28-24(25-8-12-31-13-9-25)23-18-26(21-6-1-2-7-22(21)33-23)17-19-4-3-5-20(16-19)34(29,30)27-10-14-32-15-11-27/h1-7,16,23H,8-15,17-18H2/t23-/m1/s1. The summed E-state index contributed by atoms with van der Waals surface area (Å²) in [6.07, 6.45) is -0.631. The van der Waals surface area contributed by atoms with E-state index < -0.39 is 16.1 Å². The summed E-state index contributed by atoms with van der Waals surface area (Å²) >= 11 is 0. The molecule has 1 amide bonds. The van der Waals surface area contributed by atoms with Crippen molar-refractivity contribution in [2.75, 3.05) is 64.1 Å². The molecule has 0 aliphatic carbocycles. The molecule has 2 aromatic carbocycles. The van der Waals surface area contributed by atoms with Crippen LogP contribution in [0.2, 0.25) is 0 Å². The highest BCUT2D eigenvalue weighted by molar-refractivity contribution is 7.89. The number of anilines is 1. The first-order valence-corrected chi connectivity index (χ1v) is 13.0. The van der Waals surface area contributed by atoms with Gasteiger partial charge in [-0.05, 0) is 29.8 Å². The Kier molecular flexibility index (Phi) is 6.73. The van der Waals surface area contributed by atoms with E-state index in [4.69, 9.17) is 14.2 Å². The van der Waals surface area contributed by atoms with Gasteiger partial charge in [-0.15, -0.1) is 0 Å². The minimum Gasteiger partial charge on any atom is -0.477 e. The molecule has 182 valence electrons. The molecule has 10 heteroatoms. The Bertz CT molecular complexity index is 1130. The van der Waals surface area contributed by atoms with Crippen LogP contribution in [0.25, 0.3) is 0 Å². The Morgan fingerprint density at radius 2 is 1.62 bits per heavy atom. The number of carbonyl (C=O) groups is 1. The first kappa shape index (κ1) is 23.1. The van der Waals surface area contributed by atoms with Crippen LogP contribution in [0.15, 0.2) is 53.4 Å². The second-order valence-electron chi connectivity index (χ2n) is 8.56. The fraction of sp³-hybridized carbons (Fsp3) is 0.458. The van der Waals surface area contributed by atoms with Gasteiger partial charge in [-0.1, -0.05) is 24.3 Å². The Morgan fingerprint density at radius 3 is 2.38 bits per heavy atom. The van der Waals surface area contributed by atoms with E-state index in [2.05, 4.69) is 4.90 Å². The van der Waals surface area contributed by atoms with Crippen LogP contribution in [0, 0.1) is 0 Å². The molecule has 0 saturated carbocycles. The number of morpholine rings is 2. The van der Waals surface area contributed by atoms with Crippen LogP contribution in [-0.4, -0.2) is 88.8 Å². The third-order valence-electron chi connectivity index (χ3n) is 6.34. The first-order valence-electron chi connectivity index (χ1n) is 11.6. The topological polar surface area (TPSA) is 88.6 Å². The molecule has 0 unspecified atom stereocenters. The highest BCUT2D eigenvalue weighted by atomic mass is 32.2. The number of rotatable bonds is 5. The highest BCUT2D eigenvalue weighted by Crippen LogP contribution is 2.35. The maximum atomic E-state index is 13.1. The molecule has 0 bridgehead atoms. The minimum absolute atomic E-state index is 0.0496. The lowest BCUT2D eigenvalue weighted by Gasteiger charge is -2.38. The molecule has 3 heterocycles. The van der Waals surface area contributed by atoms with Crippen LogP contribution in [-0.2, 0) is 30.8 Å². The van der Waals surface area contributed by atoms with Gasteiger partial charge in [0.05, 0.1) is 43.6 Å². The SMILES string of the molecule is O=C([C@H]1CN(Cc2cccc(S(=O)(=O)N3CCOCC3)c2)c2ccccc2O1)N1CCOCC1. The van der Waals surface area contributed by atoms with E-state index >= 15 is 0 Å². The second-order valence-corrected chi connectivity index (χ2v) is 10.5. The average Bonchev–Trinajstić information content (AvgIpc) is 2.89. The lowest BCUT2D eigenvalue weighted by atomic mass is 10.1. The summed E-state index contributed by atoms with van der Waals surface area (Å²) in [6.45, 7) is 4.54. The summed E-state index contributed by atoms with van der Waals surface area (Å²) in [4.78, 5) is 17.3. The number of carbonyl (C=O) groups excluding carboxylic acids is 1. The molecule has 0 N–H and O–H groups in total. The van der Waals surface area contributed by atoms with Crippen molar-refractivity contribution < 1.29 is 27.4 Å². The van der Waals surface area contributed by atoms with Crippen molar-refractivity contribution in [3.63, 3.8) is 0 Å². The molecule has 5 rings (SSSR count). The van der Waals surface area contributed by atoms with Crippen molar-refractivity contribution in [1.29, 1.82) is 0 Å². The monoisotopic (exact) mass is 487 g/mol. The van der Waals surface area contributed by atoms with Crippen molar-refractivity contribution >= 4 is 21.6 Å². The van der Waals surface area contributed by atoms with Crippen molar-refractivity contribution in [1.82, 2.24) is 9.21 Å². The average molecular weight is 488 g/mol. The van der Waals surface area contributed by atoms with Crippen LogP contribution < -0.4 is 9.64 Å². The summed E-state index contributed by atoms with van der Waals surface area (Å²) in [7, 11) is -3.59. The maximum Gasteiger partial charge on any atom is 0.265 e. The van der Waals surface area contributed by atoms with Crippen LogP contribution >= 0.6 is 0 Å². The number of nitrogens with zero attached hydrogens (tertiary/aromatic N) is 3. The van der Waals surface area contributed by atoms with Crippen LogP contribution in [0.3, 0.4) is 0 Å². The molecule has 0 radical (unpaired) electrons. The molecule has 2 fully saturated rings. The predicted octanol–water partition coefficient (Wildman–Crippen LogP) is 1.33. The number of para-hydroxylation sites is 2. The number of sulfonamides is 1.